The molecule has 0 amide bonds. The Balaban J connectivity index is 4.44. The van der Waals surface area contributed by atoms with Gasteiger partial charge in [-0.05, 0) is 20.1 Å². The van der Waals surface area contributed by atoms with Gasteiger partial charge in [-0.2, -0.15) is 0 Å². The van der Waals surface area contributed by atoms with Gasteiger partial charge in [0.15, 0.2) is 0 Å². The molecule has 0 rings (SSSR count). The fourth-order valence-corrected chi connectivity index (χ4v) is 1.26. The number of carbonyl (C=O) groups excluding carboxylic acids is 1. The van der Waals surface area contributed by atoms with E-state index in [4.69, 9.17) is 9.47 Å². The first-order valence-electron chi connectivity index (χ1n) is 3.63. The predicted molar refractivity (Wildman–Crippen MR) is 49.9 cm³/mol. The van der Waals surface area contributed by atoms with Gasteiger partial charge < -0.3 is 9.47 Å². The van der Waals surface area contributed by atoms with E-state index in [1.165, 1.54) is 18.9 Å². The van der Waals surface area contributed by atoms with Crippen LogP contribution in [0.3, 0.4) is 0 Å². The lowest BCUT2D eigenvalue weighted by atomic mass is 10.5. The van der Waals surface area contributed by atoms with E-state index in [0.717, 1.165) is 0 Å². The molecule has 0 spiro atoms. The van der Waals surface area contributed by atoms with Crippen LogP contribution in [0.25, 0.3) is 0 Å². The average molecular weight is 190 g/mol. The Morgan fingerprint density at radius 2 is 2.08 bits per heavy atom. The number of carbonyl (C=O) groups is 1. The monoisotopic (exact) mass is 190 g/mol. The Labute approximate surface area is 77.1 Å². The van der Waals surface area contributed by atoms with Crippen molar-refractivity contribution in [1.82, 2.24) is 0 Å². The van der Waals surface area contributed by atoms with Crippen LogP contribution < -0.4 is 0 Å². The minimum Gasteiger partial charge on any atom is -0.500 e. The number of methoxy groups -OCH3 is 1. The second-order valence-corrected chi connectivity index (χ2v) is 2.83. The van der Waals surface area contributed by atoms with E-state index in [2.05, 4.69) is 0 Å². The molecule has 0 aromatic rings. The molecule has 0 aromatic carbocycles. The molecule has 0 saturated heterocycles. The maximum atomic E-state index is 11.2. The van der Waals surface area contributed by atoms with Crippen LogP contribution in [0, 0.1) is 0 Å². The molecule has 4 heteroatoms. The van der Waals surface area contributed by atoms with E-state index >= 15 is 0 Å². The predicted octanol–water partition coefficient (Wildman–Crippen LogP) is 1.79. The van der Waals surface area contributed by atoms with Gasteiger partial charge >= 0.3 is 5.97 Å². The van der Waals surface area contributed by atoms with Crippen LogP contribution in [0.2, 0.25) is 0 Å². The van der Waals surface area contributed by atoms with Gasteiger partial charge in [-0.15, -0.1) is 11.8 Å². The largest absolute Gasteiger partial charge is 0.500 e. The number of thioether (sulfide) groups is 1. The summed E-state index contributed by atoms with van der Waals surface area (Å²) in [5.74, 6) is 0.283. The van der Waals surface area contributed by atoms with Crippen molar-refractivity contribution in [1.29, 1.82) is 0 Å². The minimum atomic E-state index is -0.315. The van der Waals surface area contributed by atoms with Crippen molar-refractivity contribution >= 4 is 17.7 Å². The van der Waals surface area contributed by atoms with Gasteiger partial charge in [0, 0.05) is 0 Å². The van der Waals surface area contributed by atoms with Gasteiger partial charge in [-0.1, -0.05) is 0 Å². The summed E-state index contributed by atoms with van der Waals surface area (Å²) < 4.78 is 9.75. The van der Waals surface area contributed by atoms with E-state index in [-0.39, 0.29) is 5.97 Å². The molecule has 0 radical (unpaired) electrons. The molecule has 0 heterocycles. The third-order valence-electron chi connectivity index (χ3n) is 1.29. The number of hydrogen-bond acceptors (Lipinski definition) is 4. The maximum Gasteiger partial charge on any atom is 0.348 e. The molecular weight excluding hydrogens is 176 g/mol. The van der Waals surface area contributed by atoms with Crippen molar-refractivity contribution in [2.45, 2.75) is 13.8 Å². The molecule has 0 N–H and O–H groups in total. The second-order valence-electron chi connectivity index (χ2n) is 2.01. The topological polar surface area (TPSA) is 35.5 Å². The van der Waals surface area contributed by atoms with Gasteiger partial charge in [-0.25, -0.2) is 4.79 Å². The first-order valence-corrected chi connectivity index (χ1v) is 4.85. The van der Waals surface area contributed by atoms with Crippen LogP contribution in [-0.2, 0) is 14.3 Å². The number of allylic oxidation sites excluding steroid dienone is 1. The van der Waals surface area contributed by atoms with E-state index in [0.29, 0.717) is 17.3 Å². The Kier molecular flexibility index (Phi) is 5.62. The molecule has 0 aliphatic carbocycles. The maximum absolute atomic E-state index is 11.2. The molecule has 0 saturated carbocycles. The second kappa shape index (κ2) is 5.94. The molecule has 0 aromatic heterocycles. The summed E-state index contributed by atoms with van der Waals surface area (Å²) >= 11 is 1.33. The van der Waals surface area contributed by atoms with Crippen LogP contribution in [0.1, 0.15) is 13.8 Å². The van der Waals surface area contributed by atoms with Crippen molar-refractivity contribution < 1.29 is 14.3 Å². The average Bonchev–Trinajstić information content (AvgIpc) is 2.06. The minimum absolute atomic E-state index is 0.315. The zero-order valence-corrected chi connectivity index (χ0v) is 8.66. The summed E-state index contributed by atoms with van der Waals surface area (Å²) in [6.07, 6.45) is 1.81. The normalized spacial score (nSPS) is 12.0. The van der Waals surface area contributed by atoms with Crippen LogP contribution in [0.4, 0.5) is 0 Å². The van der Waals surface area contributed by atoms with Crippen molar-refractivity contribution in [2.75, 3.05) is 20.0 Å². The lowest BCUT2D eigenvalue weighted by Gasteiger charge is -2.07. The third-order valence-corrected chi connectivity index (χ3v) is 2.15. The lowest BCUT2D eigenvalue weighted by molar-refractivity contribution is -0.137. The molecule has 0 fully saturated rings. The van der Waals surface area contributed by atoms with Crippen molar-refractivity contribution in [3.8, 4) is 0 Å². The van der Waals surface area contributed by atoms with Crippen molar-refractivity contribution in [3.63, 3.8) is 0 Å². The summed E-state index contributed by atoms with van der Waals surface area (Å²) in [6, 6.07) is 0. The van der Waals surface area contributed by atoms with E-state index in [1.54, 1.807) is 13.8 Å². The van der Waals surface area contributed by atoms with Gasteiger partial charge in [0.05, 0.1) is 13.7 Å². The Morgan fingerprint density at radius 3 is 2.42 bits per heavy atom. The summed E-state index contributed by atoms with van der Waals surface area (Å²) in [7, 11) is 1.53. The van der Waals surface area contributed by atoms with Crippen molar-refractivity contribution in [2.24, 2.45) is 0 Å². The van der Waals surface area contributed by atoms with Crippen LogP contribution >= 0.6 is 11.8 Å². The molecule has 0 atom stereocenters. The Bertz CT molecular complexity index is 187. The molecule has 0 aliphatic heterocycles. The first kappa shape index (κ1) is 11.4. The van der Waals surface area contributed by atoms with Crippen LogP contribution in [0.15, 0.2) is 10.7 Å². The van der Waals surface area contributed by atoms with E-state index < -0.39 is 0 Å². The lowest BCUT2D eigenvalue weighted by Crippen LogP contribution is -2.07. The zero-order chi connectivity index (χ0) is 9.56. The third kappa shape index (κ3) is 3.17. The first-order chi connectivity index (χ1) is 5.67. The number of hydrogen-bond donors (Lipinski definition) is 0. The highest BCUT2D eigenvalue weighted by Crippen LogP contribution is 2.18. The number of esters is 1. The van der Waals surface area contributed by atoms with Gasteiger partial charge in [0.25, 0.3) is 0 Å². The van der Waals surface area contributed by atoms with Crippen LogP contribution in [-0.4, -0.2) is 25.9 Å². The molecule has 3 nitrogen and oxygen atoms in total. The molecule has 0 aliphatic rings. The zero-order valence-electron chi connectivity index (χ0n) is 7.84. The summed E-state index contributed by atoms with van der Waals surface area (Å²) in [6.45, 7) is 3.90. The summed E-state index contributed by atoms with van der Waals surface area (Å²) in [4.78, 5) is 11.7. The van der Waals surface area contributed by atoms with Gasteiger partial charge in [0.2, 0.25) is 0 Å². The highest BCUT2D eigenvalue weighted by Gasteiger charge is 2.13. The van der Waals surface area contributed by atoms with Crippen molar-refractivity contribution in [3.05, 3.63) is 10.7 Å². The standard InChI is InChI=1S/C8H14O3S/c1-5-11-8(9)7(12-4)6(2)10-3/h5H2,1-4H3/b7-6+. The SMILES string of the molecule is CCOC(=O)/C(SC)=C(/C)OC. The fourth-order valence-electron chi connectivity index (χ4n) is 0.660. The highest BCUT2D eigenvalue weighted by molar-refractivity contribution is 8.03. The van der Waals surface area contributed by atoms with E-state index in [1.807, 2.05) is 6.26 Å². The van der Waals surface area contributed by atoms with Crippen LogP contribution in [0.5, 0.6) is 0 Å². The number of rotatable bonds is 4. The molecule has 0 bridgehead atoms. The quantitative estimate of drug-likeness (QED) is 0.384. The van der Waals surface area contributed by atoms with Gasteiger partial charge in [0.1, 0.15) is 10.7 Å². The Hall–Kier alpha value is -0.640. The molecule has 0 unspecified atom stereocenters. The van der Waals surface area contributed by atoms with E-state index in [9.17, 15) is 4.79 Å². The highest BCUT2D eigenvalue weighted by atomic mass is 32.2. The Morgan fingerprint density at radius 1 is 1.50 bits per heavy atom. The fraction of sp³-hybridized carbons (Fsp3) is 0.625. The number of ether oxygens (including phenoxy) is 2. The molecule has 70 valence electrons. The van der Waals surface area contributed by atoms with Gasteiger partial charge in [-0.3, -0.25) is 0 Å². The molecular formula is C8H14O3S. The smallest absolute Gasteiger partial charge is 0.348 e. The molecule has 12 heavy (non-hydrogen) atoms. The summed E-state index contributed by atoms with van der Waals surface area (Å²) in [5, 5.41) is 0. The summed E-state index contributed by atoms with van der Waals surface area (Å²) in [5.41, 5.74) is 0.